The van der Waals surface area contributed by atoms with Crippen LogP contribution >= 0.6 is 0 Å². The number of ether oxygens (including phenoxy) is 1. The quantitative estimate of drug-likeness (QED) is 0.895. The van der Waals surface area contributed by atoms with Crippen molar-refractivity contribution < 1.29 is 4.74 Å². The molecule has 0 bridgehead atoms. The summed E-state index contributed by atoms with van der Waals surface area (Å²) in [6.07, 6.45) is 1.24. The fourth-order valence-electron chi connectivity index (χ4n) is 3.05. The van der Waals surface area contributed by atoms with Crippen LogP contribution in [0.15, 0.2) is 24.3 Å². The molecule has 0 radical (unpaired) electrons. The monoisotopic (exact) mass is 276 g/mol. The van der Waals surface area contributed by atoms with Crippen LogP contribution in [0.5, 0.6) is 5.75 Å². The van der Waals surface area contributed by atoms with Gasteiger partial charge in [-0.1, -0.05) is 32.0 Å². The topological polar surface area (TPSA) is 24.5 Å². The van der Waals surface area contributed by atoms with Crippen LogP contribution in [-0.4, -0.2) is 37.2 Å². The highest BCUT2D eigenvalue weighted by Crippen LogP contribution is 2.23. The maximum Gasteiger partial charge on any atom is 0.123 e. The maximum absolute atomic E-state index is 5.49. The van der Waals surface area contributed by atoms with Gasteiger partial charge < -0.3 is 10.1 Å². The second-order valence-corrected chi connectivity index (χ2v) is 6.33. The molecule has 1 aromatic rings. The molecule has 1 saturated heterocycles. The normalized spacial score (nSPS) is 24.1. The van der Waals surface area contributed by atoms with Crippen molar-refractivity contribution in [2.24, 2.45) is 5.92 Å². The molecule has 3 heteroatoms. The molecule has 20 heavy (non-hydrogen) atoms. The van der Waals surface area contributed by atoms with Crippen LogP contribution < -0.4 is 10.1 Å². The molecule has 2 unspecified atom stereocenters. The van der Waals surface area contributed by atoms with Gasteiger partial charge in [-0.2, -0.15) is 0 Å². The van der Waals surface area contributed by atoms with E-state index in [-0.39, 0.29) is 0 Å². The van der Waals surface area contributed by atoms with Crippen LogP contribution in [-0.2, 0) is 6.54 Å². The lowest BCUT2D eigenvalue weighted by Gasteiger charge is -2.40. The second kappa shape index (κ2) is 7.09. The van der Waals surface area contributed by atoms with Crippen molar-refractivity contribution >= 4 is 0 Å². The predicted molar refractivity (Wildman–Crippen MR) is 84.1 cm³/mol. The van der Waals surface area contributed by atoms with E-state index in [1.165, 1.54) is 12.0 Å². The van der Waals surface area contributed by atoms with Crippen LogP contribution in [0.3, 0.4) is 0 Å². The molecular formula is C17H28N2O. The third-order valence-corrected chi connectivity index (χ3v) is 4.04. The number of benzene rings is 1. The van der Waals surface area contributed by atoms with E-state index >= 15 is 0 Å². The predicted octanol–water partition coefficient (Wildman–Crippen LogP) is 2.90. The Kier molecular flexibility index (Phi) is 5.44. The summed E-state index contributed by atoms with van der Waals surface area (Å²) in [7, 11) is 1.75. The van der Waals surface area contributed by atoms with Crippen molar-refractivity contribution in [2.45, 2.75) is 45.8 Å². The van der Waals surface area contributed by atoms with Crippen LogP contribution in [0.1, 0.15) is 32.8 Å². The molecule has 2 atom stereocenters. The first kappa shape index (κ1) is 15.3. The lowest BCUT2D eigenvalue weighted by molar-refractivity contribution is 0.110. The fourth-order valence-corrected chi connectivity index (χ4v) is 3.05. The van der Waals surface area contributed by atoms with Gasteiger partial charge >= 0.3 is 0 Å². The molecule has 1 heterocycles. The lowest BCUT2D eigenvalue weighted by Crippen LogP contribution is -2.55. The summed E-state index contributed by atoms with van der Waals surface area (Å²) in [6, 6.07) is 9.55. The van der Waals surface area contributed by atoms with Crippen molar-refractivity contribution in [1.82, 2.24) is 10.2 Å². The van der Waals surface area contributed by atoms with Crippen LogP contribution in [0.4, 0.5) is 0 Å². The van der Waals surface area contributed by atoms with Crippen LogP contribution in [0.25, 0.3) is 0 Å². The number of methoxy groups -OCH3 is 1. The van der Waals surface area contributed by atoms with Crippen molar-refractivity contribution in [3.63, 3.8) is 0 Å². The van der Waals surface area contributed by atoms with Crippen molar-refractivity contribution in [3.05, 3.63) is 29.8 Å². The fraction of sp³-hybridized carbons (Fsp3) is 0.647. The molecule has 1 aliphatic heterocycles. The van der Waals surface area contributed by atoms with E-state index in [2.05, 4.69) is 49.2 Å². The van der Waals surface area contributed by atoms with E-state index in [9.17, 15) is 0 Å². The number of hydrogen-bond donors (Lipinski definition) is 1. The van der Waals surface area contributed by atoms with Gasteiger partial charge in [0.05, 0.1) is 7.11 Å². The Labute approximate surface area is 123 Å². The Morgan fingerprint density at radius 3 is 2.80 bits per heavy atom. The molecule has 3 nitrogen and oxygen atoms in total. The average Bonchev–Trinajstić information content (AvgIpc) is 2.42. The summed E-state index contributed by atoms with van der Waals surface area (Å²) in [6.45, 7) is 10.1. The number of nitrogens with zero attached hydrogens (tertiary/aromatic N) is 1. The molecule has 1 aromatic carbocycles. The smallest absolute Gasteiger partial charge is 0.123 e. The van der Waals surface area contributed by atoms with Crippen LogP contribution in [0, 0.1) is 5.92 Å². The zero-order chi connectivity index (χ0) is 14.5. The molecule has 2 rings (SSSR count). The Hall–Kier alpha value is -1.06. The van der Waals surface area contributed by atoms with E-state index in [0.29, 0.717) is 12.1 Å². The Morgan fingerprint density at radius 1 is 1.35 bits per heavy atom. The molecule has 1 aliphatic rings. The number of rotatable bonds is 5. The molecule has 1 N–H and O–H groups in total. The number of hydrogen-bond acceptors (Lipinski definition) is 3. The Balaban J connectivity index is 2.10. The third-order valence-electron chi connectivity index (χ3n) is 4.04. The van der Waals surface area contributed by atoms with E-state index in [0.717, 1.165) is 31.3 Å². The standard InChI is InChI=1S/C17H28N2O/c1-13(2)9-16-10-18-14(3)11-19(16)12-15-7-5-6-8-17(15)20-4/h5-8,13-14,16,18H,9-12H2,1-4H3. The van der Waals surface area contributed by atoms with Gasteiger partial charge in [0.1, 0.15) is 5.75 Å². The SMILES string of the molecule is COc1ccccc1CN1CC(C)NCC1CC(C)C. The molecule has 0 amide bonds. The van der Waals surface area contributed by atoms with Gasteiger partial charge in [-0.25, -0.2) is 0 Å². The minimum absolute atomic E-state index is 0.563. The molecular weight excluding hydrogens is 248 g/mol. The van der Waals surface area contributed by atoms with E-state index in [1.807, 2.05) is 6.07 Å². The van der Waals surface area contributed by atoms with Gasteiger partial charge in [0, 0.05) is 37.3 Å². The summed E-state index contributed by atoms with van der Waals surface area (Å²) in [4.78, 5) is 2.61. The summed E-state index contributed by atoms with van der Waals surface area (Å²) >= 11 is 0. The summed E-state index contributed by atoms with van der Waals surface area (Å²) in [5, 5.41) is 3.61. The summed E-state index contributed by atoms with van der Waals surface area (Å²) in [5.74, 6) is 1.73. The van der Waals surface area contributed by atoms with Gasteiger partial charge in [0.25, 0.3) is 0 Å². The van der Waals surface area contributed by atoms with E-state index < -0.39 is 0 Å². The van der Waals surface area contributed by atoms with Gasteiger partial charge in [0.2, 0.25) is 0 Å². The largest absolute Gasteiger partial charge is 0.496 e. The highest BCUT2D eigenvalue weighted by Gasteiger charge is 2.26. The Morgan fingerprint density at radius 2 is 2.10 bits per heavy atom. The average molecular weight is 276 g/mol. The lowest BCUT2D eigenvalue weighted by atomic mass is 9.98. The Bertz CT molecular complexity index is 419. The first-order chi connectivity index (χ1) is 9.60. The highest BCUT2D eigenvalue weighted by molar-refractivity contribution is 5.33. The first-order valence-corrected chi connectivity index (χ1v) is 7.69. The van der Waals surface area contributed by atoms with Crippen molar-refractivity contribution in [1.29, 1.82) is 0 Å². The van der Waals surface area contributed by atoms with Gasteiger partial charge in [-0.05, 0) is 25.3 Å². The molecule has 112 valence electrons. The minimum atomic E-state index is 0.563. The highest BCUT2D eigenvalue weighted by atomic mass is 16.5. The second-order valence-electron chi connectivity index (χ2n) is 6.33. The number of piperazine rings is 1. The van der Waals surface area contributed by atoms with Crippen molar-refractivity contribution in [2.75, 3.05) is 20.2 Å². The number of nitrogens with one attached hydrogen (secondary N) is 1. The minimum Gasteiger partial charge on any atom is -0.496 e. The summed E-state index contributed by atoms with van der Waals surface area (Å²) in [5.41, 5.74) is 1.29. The van der Waals surface area contributed by atoms with E-state index in [4.69, 9.17) is 4.74 Å². The van der Waals surface area contributed by atoms with E-state index in [1.54, 1.807) is 7.11 Å². The first-order valence-electron chi connectivity index (χ1n) is 7.69. The third kappa shape index (κ3) is 3.97. The zero-order valence-electron chi connectivity index (χ0n) is 13.2. The van der Waals surface area contributed by atoms with Crippen molar-refractivity contribution in [3.8, 4) is 5.75 Å². The zero-order valence-corrected chi connectivity index (χ0v) is 13.2. The molecule has 0 aliphatic carbocycles. The van der Waals surface area contributed by atoms with Crippen LogP contribution in [0.2, 0.25) is 0 Å². The summed E-state index contributed by atoms with van der Waals surface area (Å²) < 4.78 is 5.49. The number of para-hydroxylation sites is 1. The molecule has 0 aromatic heterocycles. The van der Waals surface area contributed by atoms with Gasteiger partial charge in [0.15, 0.2) is 0 Å². The van der Waals surface area contributed by atoms with Gasteiger partial charge in [-0.3, -0.25) is 4.90 Å². The van der Waals surface area contributed by atoms with Gasteiger partial charge in [-0.15, -0.1) is 0 Å². The molecule has 0 saturated carbocycles. The molecule has 1 fully saturated rings. The maximum atomic E-state index is 5.49. The molecule has 0 spiro atoms.